The summed E-state index contributed by atoms with van der Waals surface area (Å²) in [6.07, 6.45) is 2.31. The molecule has 0 aromatic carbocycles. The molecule has 1 unspecified atom stereocenters. The van der Waals surface area contributed by atoms with Crippen molar-refractivity contribution in [2.24, 2.45) is 51.8 Å². The van der Waals surface area contributed by atoms with Crippen LogP contribution in [-0.2, 0) is 32.7 Å². The van der Waals surface area contributed by atoms with Crippen LogP contribution in [0.3, 0.4) is 0 Å². The fraction of sp³-hybridized carbons (Fsp3) is 0.964. The van der Waals surface area contributed by atoms with E-state index in [0.717, 1.165) is 35.5 Å². The van der Waals surface area contributed by atoms with Gasteiger partial charge in [-0.2, -0.15) is 12.8 Å². The molecule has 0 rings (SSSR count). The van der Waals surface area contributed by atoms with Crippen molar-refractivity contribution in [1.29, 1.82) is 0 Å². The van der Waals surface area contributed by atoms with Crippen molar-refractivity contribution in [3.8, 4) is 0 Å². The Morgan fingerprint density at radius 2 is 0.862 bits per heavy atom. The van der Waals surface area contributed by atoms with Gasteiger partial charge in [-0.25, -0.2) is 0 Å². The summed E-state index contributed by atoms with van der Waals surface area (Å²) in [5.74, 6) is 4.78. The second-order valence-electron chi connectivity index (χ2n) is 12.9. The van der Waals surface area contributed by atoms with Gasteiger partial charge in [0.25, 0.3) is 0 Å². The molecule has 29 heavy (non-hydrogen) atoms. The summed E-state index contributed by atoms with van der Waals surface area (Å²) < 4.78 is 0. The first kappa shape index (κ1) is 37.4. The van der Waals surface area contributed by atoms with Crippen LogP contribution >= 0.6 is 0 Å². The van der Waals surface area contributed by atoms with E-state index >= 15 is 0 Å². The fourth-order valence-corrected chi connectivity index (χ4v) is 3.41. The predicted molar refractivity (Wildman–Crippen MR) is 135 cm³/mol. The Labute approximate surface area is 214 Å². The first-order valence-corrected chi connectivity index (χ1v) is 11.9. The molecule has 0 saturated heterocycles. The second-order valence-corrected chi connectivity index (χ2v) is 12.9. The molecule has 0 bridgehead atoms. The van der Waals surface area contributed by atoms with E-state index in [1.165, 1.54) is 0 Å². The summed E-state index contributed by atoms with van der Waals surface area (Å²) in [5, 5.41) is 0. The van der Waals surface area contributed by atoms with E-state index in [-0.39, 0.29) is 32.7 Å². The topological polar surface area (TPSA) is 0 Å². The van der Waals surface area contributed by atoms with Gasteiger partial charge in [0.1, 0.15) is 0 Å². The fourth-order valence-electron chi connectivity index (χ4n) is 3.41. The van der Waals surface area contributed by atoms with Crippen molar-refractivity contribution >= 4 is 0 Å². The van der Waals surface area contributed by atoms with Gasteiger partial charge in [0.15, 0.2) is 0 Å². The molecule has 0 aromatic rings. The normalized spacial score (nSPS) is 13.8. The van der Waals surface area contributed by atoms with Crippen molar-refractivity contribution in [2.75, 3.05) is 0 Å². The molecule has 177 valence electrons. The van der Waals surface area contributed by atoms with Gasteiger partial charge in [0.2, 0.25) is 0 Å². The third kappa shape index (κ3) is 16.4. The average molecular weight is 487 g/mol. The summed E-state index contributed by atoms with van der Waals surface area (Å²) in [7, 11) is 0. The molecule has 0 aliphatic carbocycles. The maximum Gasteiger partial charge on any atom is 0 e. The van der Waals surface area contributed by atoms with Gasteiger partial charge in [-0.3, -0.25) is 0 Å². The Hall–Kier alpha value is 1.10. The Kier molecular flexibility index (Phi) is 20.4. The molecule has 1 radical (unpaired) electrons. The molecule has 0 N–H and O–H groups in total. The molecule has 0 aliphatic rings. The number of hydrogen-bond donors (Lipinski definition) is 0. The summed E-state index contributed by atoms with van der Waals surface area (Å²) in [6.45, 7) is 41.3. The first-order chi connectivity index (χ1) is 12.1. The van der Waals surface area contributed by atoms with Crippen LogP contribution in [0.2, 0.25) is 0 Å². The Balaban J connectivity index is -0.000000159. The van der Waals surface area contributed by atoms with Crippen LogP contribution in [0.15, 0.2) is 0 Å². The quantitative estimate of drug-likeness (QED) is 0.339. The monoisotopic (exact) mass is 486 g/mol. The van der Waals surface area contributed by atoms with Crippen molar-refractivity contribution in [3.63, 3.8) is 0 Å². The molecule has 0 amide bonds. The van der Waals surface area contributed by atoms with E-state index in [0.29, 0.717) is 16.2 Å². The third-order valence-electron chi connectivity index (χ3n) is 7.67. The molecule has 0 nitrogen and oxygen atoms in total. The molecule has 1 heteroatoms. The zero-order valence-electron chi connectivity index (χ0n) is 24.1. The van der Waals surface area contributed by atoms with Crippen molar-refractivity contribution in [2.45, 2.75) is 125 Å². The zero-order chi connectivity index (χ0) is 23.7. The van der Waals surface area contributed by atoms with Gasteiger partial charge in [-0.1, -0.05) is 130 Å². The van der Waals surface area contributed by atoms with E-state index < -0.39 is 0 Å². The van der Waals surface area contributed by atoms with E-state index in [1.54, 1.807) is 0 Å². The zero-order valence-corrected chi connectivity index (χ0v) is 27.0. The molecule has 0 aromatic heterocycles. The molecule has 0 spiro atoms. The van der Waals surface area contributed by atoms with Gasteiger partial charge in [0.05, 0.1) is 0 Å². The third-order valence-corrected chi connectivity index (χ3v) is 7.67. The molecular formula is C28H61Y-. The summed E-state index contributed by atoms with van der Waals surface area (Å²) in [4.78, 5) is 0. The van der Waals surface area contributed by atoms with Crippen LogP contribution in [0.4, 0.5) is 0 Å². The minimum Gasteiger partial charge on any atom is -0.328 e. The first-order valence-electron chi connectivity index (χ1n) is 11.9. The smallest absolute Gasteiger partial charge is 0 e. The Bertz CT molecular complexity index is 344. The van der Waals surface area contributed by atoms with E-state index in [4.69, 9.17) is 0 Å². The minimum absolute atomic E-state index is 0. The van der Waals surface area contributed by atoms with Gasteiger partial charge in [-0.05, 0) is 34.0 Å². The van der Waals surface area contributed by atoms with Gasteiger partial charge in [-0.15, -0.1) is 0 Å². The summed E-state index contributed by atoms with van der Waals surface area (Å²) >= 11 is 0. The van der Waals surface area contributed by atoms with Crippen molar-refractivity contribution < 1.29 is 32.7 Å². The van der Waals surface area contributed by atoms with Gasteiger partial charge < -0.3 is 6.42 Å². The van der Waals surface area contributed by atoms with Crippen LogP contribution in [0.1, 0.15) is 125 Å². The molecular weight excluding hydrogens is 425 g/mol. The Morgan fingerprint density at radius 1 is 0.552 bits per heavy atom. The van der Waals surface area contributed by atoms with E-state index in [9.17, 15) is 0 Å². The van der Waals surface area contributed by atoms with Crippen LogP contribution in [-0.4, -0.2) is 0 Å². The molecule has 0 heterocycles. The SMILES string of the molecule is CC(C)C(C)(C)C(C)(C)C.CC(C)C(C)C(C)(C)C.C[CH-]C(C(C)C)C(C)C.[Y]. The van der Waals surface area contributed by atoms with Crippen LogP contribution in [0.25, 0.3) is 0 Å². The molecule has 1 atom stereocenters. The van der Waals surface area contributed by atoms with Gasteiger partial charge in [0, 0.05) is 32.7 Å². The summed E-state index contributed by atoms with van der Waals surface area (Å²) in [6, 6.07) is 0. The van der Waals surface area contributed by atoms with Crippen LogP contribution in [0.5, 0.6) is 0 Å². The van der Waals surface area contributed by atoms with Crippen LogP contribution < -0.4 is 0 Å². The minimum atomic E-state index is 0. The standard InChI is InChI=1S/C10H22.C9H20.C9H19.Y/c1-8(2)10(6,7)9(3,4)5;1-7(2)8(3)9(4,5)6;1-6-9(7(2)3)8(4)5;/h8H,1-7H3;7-8H,1-6H3;6-9H,1-5H3;/q;;-1;. The average Bonchev–Trinajstić information content (AvgIpc) is 2.45. The Morgan fingerprint density at radius 3 is 0.862 bits per heavy atom. The van der Waals surface area contributed by atoms with E-state index in [1.807, 2.05) is 0 Å². The molecule has 0 fully saturated rings. The van der Waals surface area contributed by atoms with Crippen molar-refractivity contribution in [3.05, 3.63) is 6.42 Å². The maximum atomic E-state index is 2.34. The summed E-state index contributed by atoms with van der Waals surface area (Å²) in [5.41, 5.74) is 1.34. The van der Waals surface area contributed by atoms with Crippen molar-refractivity contribution in [1.82, 2.24) is 0 Å². The maximum absolute atomic E-state index is 2.34. The second kappa shape index (κ2) is 15.8. The predicted octanol–water partition coefficient (Wildman–Crippen LogP) is 10.2. The van der Waals surface area contributed by atoms with E-state index in [2.05, 4.69) is 131 Å². The molecule has 0 saturated carbocycles. The number of rotatable bonds is 5. The molecule has 0 aliphatic heterocycles. The number of hydrogen-bond acceptors (Lipinski definition) is 0. The largest absolute Gasteiger partial charge is 0.328 e. The van der Waals surface area contributed by atoms with Crippen LogP contribution in [0, 0.1) is 58.2 Å². The van der Waals surface area contributed by atoms with Gasteiger partial charge >= 0.3 is 0 Å².